The van der Waals surface area contributed by atoms with E-state index in [1.54, 1.807) is 12.1 Å². The molecule has 1 aliphatic heterocycles. The van der Waals surface area contributed by atoms with Crippen LogP contribution >= 0.6 is 0 Å². The molecule has 1 aliphatic rings. The summed E-state index contributed by atoms with van der Waals surface area (Å²) < 4.78 is 51.6. The molecule has 1 saturated heterocycles. The van der Waals surface area contributed by atoms with Gasteiger partial charge in [0.15, 0.2) is 0 Å². The molecule has 1 heterocycles. The molecule has 0 spiro atoms. The predicted octanol–water partition coefficient (Wildman–Crippen LogP) is 6.86. The molecular formula is C29H32F3NO2. The van der Waals surface area contributed by atoms with Crippen molar-refractivity contribution in [2.24, 2.45) is 0 Å². The van der Waals surface area contributed by atoms with Crippen LogP contribution in [0.3, 0.4) is 0 Å². The van der Waals surface area contributed by atoms with Gasteiger partial charge in [-0.3, -0.25) is 4.90 Å². The van der Waals surface area contributed by atoms with Gasteiger partial charge in [0.25, 0.3) is 0 Å². The van der Waals surface area contributed by atoms with Gasteiger partial charge in [-0.1, -0.05) is 72.8 Å². The van der Waals surface area contributed by atoms with Crippen molar-refractivity contribution in [1.82, 2.24) is 4.90 Å². The van der Waals surface area contributed by atoms with Gasteiger partial charge in [-0.2, -0.15) is 13.2 Å². The lowest BCUT2D eigenvalue weighted by Crippen LogP contribution is -2.57. The highest BCUT2D eigenvalue weighted by Gasteiger charge is 2.40. The van der Waals surface area contributed by atoms with Crippen molar-refractivity contribution >= 4 is 0 Å². The van der Waals surface area contributed by atoms with Crippen LogP contribution in [0.1, 0.15) is 41.5 Å². The number of rotatable bonds is 10. The van der Waals surface area contributed by atoms with E-state index in [-0.39, 0.29) is 0 Å². The number of hydrogen-bond donors (Lipinski definition) is 0. The van der Waals surface area contributed by atoms with Crippen LogP contribution in [-0.4, -0.2) is 30.3 Å². The van der Waals surface area contributed by atoms with Gasteiger partial charge < -0.3 is 9.47 Å². The summed E-state index contributed by atoms with van der Waals surface area (Å²) in [4.78, 5) is 2.32. The van der Waals surface area contributed by atoms with Crippen molar-refractivity contribution in [1.29, 1.82) is 0 Å². The van der Waals surface area contributed by atoms with Gasteiger partial charge >= 0.3 is 6.18 Å². The fourth-order valence-electron chi connectivity index (χ4n) is 4.57. The maximum absolute atomic E-state index is 12.9. The van der Waals surface area contributed by atoms with Gasteiger partial charge in [0.1, 0.15) is 5.72 Å². The molecule has 0 saturated carbocycles. The largest absolute Gasteiger partial charge is 0.416 e. The Balaban J connectivity index is 1.46. The molecule has 1 fully saturated rings. The lowest BCUT2D eigenvalue weighted by atomic mass is 9.97. The summed E-state index contributed by atoms with van der Waals surface area (Å²) >= 11 is 0. The van der Waals surface area contributed by atoms with E-state index in [1.165, 1.54) is 0 Å². The molecule has 3 nitrogen and oxygen atoms in total. The van der Waals surface area contributed by atoms with Crippen LogP contribution in [0.4, 0.5) is 13.2 Å². The first kappa shape index (κ1) is 25.4. The summed E-state index contributed by atoms with van der Waals surface area (Å²) in [6.07, 6.45) is -0.723. The summed E-state index contributed by atoms with van der Waals surface area (Å²) in [5.41, 5.74) is 1.90. The van der Waals surface area contributed by atoms with Crippen LogP contribution in [0.5, 0.6) is 0 Å². The Morgan fingerprint density at radius 1 is 0.743 bits per heavy atom. The van der Waals surface area contributed by atoms with Crippen molar-refractivity contribution in [2.45, 2.75) is 50.8 Å². The second-order valence-corrected chi connectivity index (χ2v) is 9.09. The molecule has 3 aromatic rings. The lowest BCUT2D eigenvalue weighted by molar-refractivity contribution is -0.214. The van der Waals surface area contributed by atoms with E-state index in [1.807, 2.05) is 60.7 Å². The maximum Gasteiger partial charge on any atom is 0.416 e. The smallest absolute Gasteiger partial charge is 0.372 e. The summed E-state index contributed by atoms with van der Waals surface area (Å²) in [6, 6.07) is 25.6. The summed E-state index contributed by atoms with van der Waals surface area (Å²) in [5, 5.41) is 0. The second kappa shape index (κ2) is 11.8. The van der Waals surface area contributed by atoms with Crippen molar-refractivity contribution in [3.63, 3.8) is 0 Å². The fraction of sp³-hybridized carbons (Fsp3) is 0.379. The first-order valence-electron chi connectivity index (χ1n) is 12.2. The number of ether oxygens (including phenoxy) is 2. The van der Waals surface area contributed by atoms with Crippen molar-refractivity contribution in [3.05, 3.63) is 107 Å². The molecule has 3 aromatic carbocycles. The Morgan fingerprint density at radius 3 is 2.00 bits per heavy atom. The monoisotopic (exact) mass is 483 g/mol. The number of likely N-dealkylation sites (tertiary alicyclic amines) is 1. The third-order valence-electron chi connectivity index (χ3n) is 6.56. The van der Waals surface area contributed by atoms with Crippen LogP contribution in [-0.2, 0) is 35.3 Å². The van der Waals surface area contributed by atoms with E-state index in [0.29, 0.717) is 32.8 Å². The topological polar surface area (TPSA) is 21.7 Å². The molecule has 0 aliphatic carbocycles. The molecule has 1 unspecified atom stereocenters. The third kappa shape index (κ3) is 7.17. The lowest BCUT2D eigenvalue weighted by Gasteiger charge is -2.46. The average molecular weight is 484 g/mol. The number of alkyl halides is 3. The van der Waals surface area contributed by atoms with Crippen molar-refractivity contribution in [2.75, 3.05) is 19.7 Å². The van der Waals surface area contributed by atoms with E-state index >= 15 is 0 Å². The van der Waals surface area contributed by atoms with E-state index in [9.17, 15) is 13.2 Å². The van der Waals surface area contributed by atoms with Gasteiger partial charge in [0.2, 0.25) is 0 Å². The van der Waals surface area contributed by atoms with E-state index < -0.39 is 17.5 Å². The van der Waals surface area contributed by atoms with Crippen LogP contribution in [0.25, 0.3) is 0 Å². The molecular weight excluding hydrogens is 451 g/mol. The molecule has 35 heavy (non-hydrogen) atoms. The first-order valence-corrected chi connectivity index (χ1v) is 12.2. The Morgan fingerprint density at radius 2 is 1.37 bits per heavy atom. The highest BCUT2D eigenvalue weighted by molar-refractivity contribution is 5.25. The number of piperidine rings is 1. The average Bonchev–Trinajstić information content (AvgIpc) is 2.88. The quantitative estimate of drug-likeness (QED) is 0.314. The Hall–Kier alpha value is -2.67. The normalized spacial score (nSPS) is 19.1. The molecule has 0 amide bonds. The number of nitrogens with zero attached hydrogens (tertiary/aromatic N) is 1. The minimum Gasteiger partial charge on any atom is -0.372 e. The highest BCUT2D eigenvalue weighted by atomic mass is 19.4. The Bertz CT molecular complexity index is 1030. The third-order valence-corrected chi connectivity index (χ3v) is 6.56. The summed E-state index contributed by atoms with van der Waals surface area (Å²) in [6.45, 7) is 2.97. The minimum atomic E-state index is -4.32. The van der Waals surface area contributed by atoms with Crippen LogP contribution in [0, 0.1) is 0 Å². The van der Waals surface area contributed by atoms with E-state index in [0.717, 1.165) is 54.6 Å². The van der Waals surface area contributed by atoms with E-state index in [2.05, 4.69) is 4.90 Å². The zero-order valence-corrected chi connectivity index (χ0v) is 19.8. The van der Waals surface area contributed by atoms with E-state index in [4.69, 9.17) is 9.47 Å². The van der Waals surface area contributed by atoms with Gasteiger partial charge in [-0.05, 0) is 54.5 Å². The maximum atomic E-state index is 12.9. The standard InChI is InChI=1S/C29H32F3NO2/c30-29(31,32)27-15-13-24(14-16-27)17-20-33-19-8-7-18-28(33,35-22-26-11-5-2-6-12-26)23-34-21-25-9-3-1-4-10-25/h1-6,9-16H,7-8,17-23H2. The van der Waals surface area contributed by atoms with Crippen molar-refractivity contribution < 1.29 is 22.6 Å². The molecule has 0 bridgehead atoms. The van der Waals surface area contributed by atoms with Crippen LogP contribution in [0.15, 0.2) is 84.9 Å². The van der Waals surface area contributed by atoms with Gasteiger partial charge in [0, 0.05) is 13.1 Å². The number of benzene rings is 3. The Kier molecular flexibility index (Phi) is 8.60. The zero-order valence-electron chi connectivity index (χ0n) is 19.8. The molecule has 4 rings (SSSR count). The van der Waals surface area contributed by atoms with Crippen molar-refractivity contribution in [3.8, 4) is 0 Å². The molecule has 0 aromatic heterocycles. The molecule has 0 radical (unpaired) electrons. The SMILES string of the molecule is FC(F)(F)c1ccc(CCN2CCCCC2(COCc2ccccc2)OCc2ccccc2)cc1. The first-order chi connectivity index (χ1) is 16.9. The minimum absolute atomic E-state index is 0.432. The highest BCUT2D eigenvalue weighted by Crippen LogP contribution is 2.32. The molecule has 1 atom stereocenters. The Labute approximate surface area is 205 Å². The van der Waals surface area contributed by atoms with Crippen LogP contribution < -0.4 is 0 Å². The molecule has 0 N–H and O–H groups in total. The molecule has 6 heteroatoms. The second-order valence-electron chi connectivity index (χ2n) is 9.09. The molecule has 186 valence electrons. The summed E-state index contributed by atoms with van der Waals surface area (Å²) in [5.74, 6) is 0. The van der Waals surface area contributed by atoms with Crippen LogP contribution in [0.2, 0.25) is 0 Å². The van der Waals surface area contributed by atoms with Gasteiger partial charge in [-0.15, -0.1) is 0 Å². The fourth-order valence-corrected chi connectivity index (χ4v) is 4.57. The number of halogens is 3. The zero-order chi connectivity index (χ0) is 24.6. The number of hydrogen-bond acceptors (Lipinski definition) is 3. The van der Waals surface area contributed by atoms with Gasteiger partial charge in [-0.25, -0.2) is 0 Å². The predicted molar refractivity (Wildman–Crippen MR) is 131 cm³/mol. The van der Waals surface area contributed by atoms with Gasteiger partial charge in [0.05, 0.1) is 25.4 Å². The summed E-state index contributed by atoms with van der Waals surface area (Å²) in [7, 11) is 0.